The van der Waals surface area contributed by atoms with Crippen molar-refractivity contribution in [1.82, 2.24) is 9.78 Å². The van der Waals surface area contributed by atoms with Crippen LogP contribution in [0.2, 0.25) is 0 Å². The lowest BCUT2D eigenvalue weighted by molar-refractivity contribution is 0.0687. The Bertz CT molecular complexity index is 679. The predicted octanol–water partition coefficient (Wildman–Crippen LogP) is 1.38. The number of carboxylic acid groups (broad SMARTS) is 1. The second-order valence-corrected chi connectivity index (χ2v) is 3.71. The Morgan fingerprint density at radius 2 is 2.11 bits per heavy atom. The molecule has 2 rings (SSSR count). The van der Waals surface area contributed by atoms with Crippen molar-refractivity contribution in [1.29, 1.82) is 0 Å². The number of aromatic carboxylic acids is 1. The number of hydrogen-bond donors (Lipinski definition) is 1. The number of halogens is 1. The number of aromatic nitrogens is 2. The first-order valence-corrected chi connectivity index (χ1v) is 5.09. The van der Waals surface area contributed by atoms with Crippen LogP contribution in [0.25, 0.3) is 5.69 Å². The molecule has 92 valence electrons. The third kappa shape index (κ3) is 2.13. The van der Waals surface area contributed by atoms with Gasteiger partial charge in [0.05, 0.1) is 5.69 Å². The molecule has 0 aliphatic heterocycles. The minimum atomic E-state index is -1.39. The van der Waals surface area contributed by atoms with E-state index in [4.69, 9.17) is 5.11 Å². The van der Waals surface area contributed by atoms with E-state index >= 15 is 0 Å². The molecule has 0 saturated heterocycles. The Balaban J connectivity index is 2.61. The summed E-state index contributed by atoms with van der Waals surface area (Å²) in [7, 11) is 0. The average Bonchev–Trinajstić information content (AvgIpc) is 2.30. The Kier molecular flexibility index (Phi) is 2.93. The minimum Gasteiger partial charge on any atom is -0.476 e. The van der Waals surface area contributed by atoms with Crippen molar-refractivity contribution >= 4 is 5.97 Å². The van der Waals surface area contributed by atoms with Crippen molar-refractivity contribution in [3.63, 3.8) is 0 Å². The molecule has 0 saturated carbocycles. The third-order valence-corrected chi connectivity index (χ3v) is 2.42. The molecule has 0 fully saturated rings. The highest BCUT2D eigenvalue weighted by atomic mass is 19.1. The minimum absolute atomic E-state index is 0.393. The fourth-order valence-electron chi connectivity index (χ4n) is 1.57. The maximum atomic E-state index is 13.0. The molecule has 1 aromatic carbocycles. The summed E-state index contributed by atoms with van der Waals surface area (Å²) in [4.78, 5) is 22.1. The lowest BCUT2D eigenvalue weighted by Gasteiger charge is -2.08. The van der Waals surface area contributed by atoms with Gasteiger partial charge in [-0.25, -0.2) is 13.9 Å². The van der Waals surface area contributed by atoms with E-state index in [0.717, 1.165) is 6.07 Å². The van der Waals surface area contributed by atoms with E-state index in [0.29, 0.717) is 11.3 Å². The summed E-state index contributed by atoms with van der Waals surface area (Å²) in [6.07, 6.45) is 1.34. The molecular weight excluding hydrogens is 239 g/mol. The molecule has 1 heterocycles. The molecule has 0 spiro atoms. The summed E-state index contributed by atoms with van der Waals surface area (Å²) in [6.45, 7) is 1.67. The van der Waals surface area contributed by atoms with Crippen LogP contribution in [0.3, 0.4) is 0 Å². The molecule has 18 heavy (non-hydrogen) atoms. The maximum Gasteiger partial charge on any atom is 0.360 e. The van der Waals surface area contributed by atoms with E-state index in [1.807, 2.05) is 0 Å². The van der Waals surface area contributed by atoms with E-state index < -0.39 is 22.9 Å². The Morgan fingerprint density at radius 1 is 1.39 bits per heavy atom. The van der Waals surface area contributed by atoms with Gasteiger partial charge < -0.3 is 5.11 Å². The molecule has 0 unspecified atom stereocenters. The smallest absolute Gasteiger partial charge is 0.360 e. The number of aryl methyl sites for hydroxylation is 1. The largest absolute Gasteiger partial charge is 0.476 e. The van der Waals surface area contributed by atoms with Gasteiger partial charge in [-0.05, 0) is 30.7 Å². The number of nitrogens with zero attached hydrogens (tertiary/aromatic N) is 2. The van der Waals surface area contributed by atoms with Crippen molar-refractivity contribution in [2.45, 2.75) is 6.92 Å². The van der Waals surface area contributed by atoms with E-state index in [9.17, 15) is 14.0 Å². The SMILES string of the molecule is Cc1cc(F)ccc1-n1ccc(=O)c(C(=O)O)n1. The standard InChI is InChI=1S/C12H9FN2O3/c1-7-6-8(13)2-3-9(7)15-5-4-10(16)11(14-15)12(17)18/h2-6H,1H3,(H,17,18). The molecule has 0 radical (unpaired) electrons. The predicted molar refractivity (Wildman–Crippen MR) is 61.5 cm³/mol. The van der Waals surface area contributed by atoms with Crippen LogP contribution in [-0.4, -0.2) is 20.9 Å². The fourth-order valence-corrected chi connectivity index (χ4v) is 1.57. The van der Waals surface area contributed by atoms with Crippen LogP contribution in [0.1, 0.15) is 16.1 Å². The molecule has 0 amide bonds. The van der Waals surface area contributed by atoms with Gasteiger partial charge in [-0.1, -0.05) is 0 Å². The highest BCUT2D eigenvalue weighted by molar-refractivity contribution is 5.84. The van der Waals surface area contributed by atoms with Gasteiger partial charge >= 0.3 is 5.97 Å². The zero-order valence-corrected chi connectivity index (χ0v) is 9.42. The Morgan fingerprint density at radius 3 is 2.72 bits per heavy atom. The quantitative estimate of drug-likeness (QED) is 0.871. The van der Waals surface area contributed by atoms with E-state index in [1.165, 1.54) is 29.1 Å². The number of hydrogen-bond acceptors (Lipinski definition) is 3. The molecule has 1 N–H and O–H groups in total. The van der Waals surface area contributed by atoms with Gasteiger partial charge in [0.15, 0.2) is 0 Å². The van der Waals surface area contributed by atoms with Crippen LogP contribution in [-0.2, 0) is 0 Å². The number of carboxylic acids is 1. The number of benzene rings is 1. The first-order chi connectivity index (χ1) is 8.49. The average molecular weight is 248 g/mol. The highest BCUT2D eigenvalue weighted by Gasteiger charge is 2.12. The molecule has 0 atom stereocenters. The molecule has 5 nitrogen and oxygen atoms in total. The van der Waals surface area contributed by atoms with Crippen LogP contribution in [0, 0.1) is 12.7 Å². The molecule has 0 aliphatic carbocycles. The Labute approximate surface area is 101 Å². The lowest BCUT2D eigenvalue weighted by atomic mass is 10.2. The van der Waals surface area contributed by atoms with Crippen molar-refractivity contribution < 1.29 is 14.3 Å². The zero-order chi connectivity index (χ0) is 13.3. The fraction of sp³-hybridized carbons (Fsp3) is 0.0833. The van der Waals surface area contributed by atoms with Gasteiger partial charge in [0.1, 0.15) is 5.82 Å². The summed E-state index contributed by atoms with van der Waals surface area (Å²) in [6, 6.07) is 5.12. The van der Waals surface area contributed by atoms with Crippen molar-refractivity contribution in [2.75, 3.05) is 0 Å². The molecule has 6 heteroatoms. The molecule has 2 aromatic rings. The van der Waals surface area contributed by atoms with Gasteiger partial charge in [0.25, 0.3) is 0 Å². The van der Waals surface area contributed by atoms with Gasteiger partial charge in [0, 0.05) is 12.3 Å². The summed E-state index contributed by atoms with van der Waals surface area (Å²) >= 11 is 0. The third-order valence-electron chi connectivity index (χ3n) is 2.42. The van der Waals surface area contributed by atoms with Crippen LogP contribution in [0.15, 0.2) is 35.3 Å². The van der Waals surface area contributed by atoms with Gasteiger partial charge in [0.2, 0.25) is 11.1 Å². The normalized spacial score (nSPS) is 10.3. The molecular formula is C12H9FN2O3. The molecule has 0 aliphatic rings. The number of rotatable bonds is 2. The van der Waals surface area contributed by atoms with Crippen LogP contribution >= 0.6 is 0 Å². The van der Waals surface area contributed by atoms with E-state index in [-0.39, 0.29) is 0 Å². The number of carbonyl (C=O) groups is 1. The maximum absolute atomic E-state index is 13.0. The van der Waals surface area contributed by atoms with Crippen LogP contribution in [0.4, 0.5) is 4.39 Å². The van der Waals surface area contributed by atoms with Crippen LogP contribution < -0.4 is 5.43 Å². The lowest BCUT2D eigenvalue weighted by Crippen LogP contribution is -2.20. The molecule has 0 bridgehead atoms. The first kappa shape index (κ1) is 12.0. The summed E-state index contributed by atoms with van der Waals surface area (Å²) in [5.41, 5.74) is -0.138. The van der Waals surface area contributed by atoms with E-state index in [1.54, 1.807) is 6.92 Å². The van der Waals surface area contributed by atoms with Gasteiger partial charge in [-0.2, -0.15) is 5.10 Å². The topological polar surface area (TPSA) is 72.2 Å². The van der Waals surface area contributed by atoms with Crippen molar-refractivity contribution in [2.24, 2.45) is 0 Å². The van der Waals surface area contributed by atoms with Gasteiger partial charge in [-0.3, -0.25) is 4.79 Å². The second-order valence-electron chi connectivity index (χ2n) is 3.71. The highest BCUT2D eigenvalue weighted by Crippen LogP contribution is 2.13. The summed E-state index contributed by atoms with van der Waals surface area (Å²) in [5, 5.41) is 12.5. The summed E-state index contributed by atoms with van der Waals surface area (Å²) < 4.78 is 14.2. The Hall–Kier alpha value is -2.50. The van der Waals surface area contributed by atoms with E-state index in [2.05, 4.69) is 5.10 Å². The summed E-state index contributed by atoms with van der Waals surface area (Å²) in [5.74, 6) is -1.79. The van der Waals surface area contributed by atoms with Gasteiger partial charge in [-0.15, -0.1) is 0 Å². The van der Waals surface area contributed by atoms with Crippen LogP contribution in [0.5, 0.6) is 0 Å². The van der Waals surface area contributed by atoms with Crippen molar-refractivity contribution in [3.8, 4) is 5.69 Å². The van der Waals surface area contributed by atoms with Crippen molar-refractivity contribution in [3.05, 3.63) is 57.8 Å². The monoisotopic (exact) mass is 248 g/mol. The zero-order valence-electron chi connectivity index (χ0n) is 9.42. The first-order valence-electron chi connectivity index (χ1n) is 5.09. The second kappa shape index (κ2) is 4.40. The molecule has 1 aromatic heterocycles.